The molecule has 0 spiro atoms. The first kappa shape index (κ1) is 23.2. The predicted octanol–water partition coefficient (Wildman–Crippen LogP) is 3.68. The number of piperidine rings is 1. The molecule has 2 aromatic carbocycles. The lowest BCUT2D eigenvalue weighted by atomic mass is 9.87. The van der Waals surface area contributed by atoms with Gasteiger partial charge in [-0.2, -0.15) is 0 Å². The van der Waals surface area contributed by atoms with Crippen LogP contribution in [0.5, 0.6) is 0 Å². The number of benzene rings is 2. The van der Waals surface area contributed by atoms with Gasteiger partial charge in [-0.05, 0) is 83.7 Å². The molecule has 1 aliphatic rings. The van der Waals surface area contributed by atoms with Gasteiger partial charge in [0.25, 0.3) is 0 Å². The van der Waals surface area contributed by atoms with Crippen LogP contribution in [0.15, 0.2) is 59.2 Å². The number of hydrogen-bond donors (Lipinski definition) is 4. The van der Waals surface area contributed by atoms with Crippen molar-refractivity contribution in [2.24, 2.45) is 0 Å². The Bertz CT molecular complexity index is 1180. The average Bonchev–Trinajstić information content (AvgIpc) is 3.23. The van der Waals surface area contributed by atoms with E-state index in [0.717, 1.165) is 16.5 Å². The van der Waals surface area contributed by atoms with Crippen LogP contribution in [0.2, 0.25) is 0 Å². The molecule has 6 nitrogen and oxygen atoms in total. The maximum absolute atomic E-state index is 13.4. The summed E-state index contributed by atoms with van der Waals surface area (Å²) in [7, 11) is 0. The van der Waals surface area contributed by atoms with Crippen molar-refractivity contribution in [3.63, 3.8) is 0 Å². The Kier molecular flexibility index (Phi) is 7.25. The number of carbonyl (C=O) groups excluding carboxylic acids is 2. The molecule has 4 rings (SSSR count). The van der Waals surface area contributed by atoms with Gasteiger partial charge in [0.2, 0.25) is 11.8 Å². The number of aromatic amines is 1. The standard InChI is InChI=1S/C25H26BrFN4O2/c26-20-15-17(5-7-21(20)27)6-8-23(32)31-25(10-13-28-14-11-25)24(33)29-12-9-18-16-30-22-4-2-1-3-19(18)22/h1-8,15-16,28,30H,9-14H2,(H,29,33)(H,31,32)/b8-6+. The first-order valence-corrected chi connectivity index (χ1v) is 11.8. The summed E-state index contributed by atoms with van der Waals surface area (Å²) in [6.45, 7) is 1.76. The largest absolute Gasteiger partial charge is 0.361 e. The van der Waals surface area contributed by atoms with Crippen LogP contribution in [0.1, 0.15) is 24.0 Å². The molecule has 0 atom stereocenters. The van der Waals surface area contributed by atoms with Crippen molar-refractivity contribution in [3.05, 3.63) is 76.2 Å². The van der Waals surface area contributed by atoms with Crippen LogP contribution >= 0.6 is 15.9 Å². The van der Waals surface area contributed by atoms with E-state index in [1.165, 1.54) is 12.1 Å². The van der Waals surface area contributed by atoms with Crippen LogP contribution in [0.4, 0.5) is 4.39 Å². The monoisotopic (exact) mass is 512 g/mol. The maximum Gasteiger partial charge on any atom is 0.245 e. The Morgan fingerprint density at radius 3 is 2.73 bits per heavy atom. The Morgan fingerprint density at radius 1 is 1.15 bits per heavy atom. The van der Waals surface area contributed by atoms with E-state index in [2.05, 4.69) is 42.9 Å². The van der Waals surface area contributed by atoms with Gasteiger partial charge in [-0.1, -0.05) is 24.3 Å². The SMILES string of the molecule is O=C(/C=C/c1ccc(F)c(Br)c1)NC1(C(=O)NCCc2c[nH]c3ccccc23)CCNCC1. The van der Waals surface area contributed by atoms with Crippen LogP contribution in [-0.4, -0.2) is 42.0 Å². The molecule has 1 fully saturated rings. The molecular formula is C25H26BrFN4O2. The molecule has 2 heterocycles. The molecule has 3 aromatic rings. The molecule has 1 aromatic heterocycles. The lowest BCUT2D eigenvalue weighted by Crippen LogP contribution is -2.62. The number of amides is 2. The zero-order valence-corrected chi connectivity index (χ0v) is 19.7. The van der Waals surface area contributed by atoms with Gasteiger partial charge in [-0.25, -0.2) is 4.39 Å². The highest BCUT2D eigenvalue weighted by molar-refractivity contribution is 9.10. The highest BCUT2D eigenvalue weighted by Crippen LogP contribution is 2.21. The normalized spacial score (nSPS) is 15.6. The fourth-order valence-electron chi connectivity index (χ4n) is 4.15. The minimum Gasteiger partial charge on any atom is -0.361 e. The van der Waals surface area contributed by atoms with Gasteiger partial charge in [0.1, 0.15) is 11.4 Å². The number of fused-ring (bicyclic) bond motifs is 1. The van der Waals surface area contributed by atoms with Crippen LogP contribution in [0.3, 0.4) is 0 Å². The van der Waals surface area contributed by atoms with E-state index in [0.29, 0.717) is 48.9 Å². The number of H-pyrrole nitrogens is 1. The molecule has 0 radical (unpaired) electrons. The van der Waals surface area contributed by atoms with Gasteiger partial charge in [0.15, 0.2) is 0 Å². The molecule has 8 heteroatoms. The highest BCUT2D eigenvalue weighted by Gasteiger charge is 2.40. The average molecular weight is 513 g/mol. The van der Waals surface area contributed by atoms with Gasteiger partial charge in [0.05, 0.1) is 4.47 Å². The second-order valence-corrected chi connectivity index (χ2v) is 9.05. The number of aromatic nitrogens is 1. The molecule has 4 N–H and O–H groups in total. The second kappa shape index (κ2) is 10.3. The Morgan fingerprint density at radius 2 is 1.94 bits per heavy atom. The molecule has 1 aliphatic heterocycles. The molecular weight excluding hydrogens is 487 g/mol. The molecule has 0 unspecified atom stereocenters. The van der Waals surface area contributed by atoms with Crippen LogP contribution in [0.25, 0.3) is 17.0 Å². The molecule has 0 saturated carbocycles. The Labute approximate surface area is 200 Å². The fraction of sp³-hybridized carbons (Fsp3) is 0.280. The lowest BCUT2D eigenvalue weighted by molar-refractivity contribution is -0.133. The first-order chi connectivity index (χ1) is 16.0. The summed E-state index contributed by atoms with van der Waals surface area (Å²) in [5, 5.41) is 10.3. The van der Waals surface area contributed by atoms with E-state index in [-0.39, 0.29) is 17.6 Å². The van der Waals surface area contributed by atoms with E-state index in [1.807, 2.05) is 24.4 Å². The minimum atomic E-state index is -0.962. The number of rotatable bonds is 7. The van der Waals surface area contributed by atoms with Gasteiger partial charge >= 0.3 is 0 Å². The van der Waals surface area contributed by atoms with E-state index in [4.69, 9.17) is 0 Å². The van der Waals surface area contributed by atoms with Crippen LogP contribution < -0.4 is 16.0 Å². The van der Waals surface area contributed by atoms with Crippen molar-refractivity contribution >= 4 is 44.7 Å². The lowest BCUT2D eigenvalue weighted by Gasteiger charge is -2.36. The fourth-order valence-corrected chi connectivity index (χ4v) is 4.54. The summed E-state index contributed by atoms with van der Waals surface area (Å²) in [6, 6.07) is 12.6. The Hall–Kier alpha value is -2.97. The van der Waals surface area contributed by atoms with Crippen molar-refractivity contribution in [2.45, 2.75) is 24.8 Å². The van der Waals surface area contributed by atoms with Crippen molar-refractivity contribution in [2.75, 3.05) is 19.6 Å². The zero-order valence-electron chi connectivity index (χ0n) is 18.1. The number of hydrogen-bond acceptors (Lipinski definition) is 3. The summed E-state index contributed by atoms with van der Waals surface area (Å²) >= 11 is 3.14. The van der Waals surface area contributed by atoms with Crippen molar-refractivity contribution < 1.29 is 14.0 Å². The molecule has 2 amide bonds. The molecule has 172 valence electrons. The number of para-hydroxylation sites is 1. The summed E-state index contributed by atoms with van der Waals surface area (Å²) in [5.74, 6) is -0.895. The zero-order chi connectivity index (χ0) is 23.3. The summed E-state index contributed by atoms with van der Waals surface area (Å²) < 4.78 is 13.7. The van der Waals surface area contributed by atoms with Gasteiger partial charge < -0.3 is 20.9 Å². The number of halogens is 2. The Balaban J connectivity index is 1.39. The third-order valence-electron chi connectivity index (χ3n) is 5.98. The third-order valence-corrected chi connectivity index (χ3v) is 6.59. The topological polar surface area (TPSA) is 86.0 Å². The molecule has 1 saturated heterocycles. The van der Waals surface area contributed by atoms with Crippen molar-refractivity contribution in [3.8, 4) is 0 Å². The smallest absolute Gasteiger partial charge is 0.245 e. The minimum absolute atomic E-state index is 0.171. The first-order valence-electron chi connectivity index (χ1n) is 11.0. The van der Waals surface area contributed by atoms with Crippen LogP contribution in [-0.2, 0) is 16.0 Å². The van der Waals surface area contributed by atoms with Gasteiger partial charge in [-0.3, -0.25) is 9.59 Å². The molecule has 0 aliphatic carbocycles. The van der Waals surface area contributed by atoms with E-state index < -0.39 is 5.54 Å². The molecule has 0 bridgehead atoms. The maximum atomic E-state index is 13.4. The van der Waals surface area contributed by atoms with E-state index in [9.17, 15) is 14.0 Å². The van der Waals surface area contributed by atoms with Crippen LogP contribution in [0, 0.1) is 5.82 Å². The molecule has 33 heavy (non-hydrogen) atoms. The highest BCUT2D eigenvalue weighted by atomic mass is 79.9. The quantitative estimate of drug-likeness (QED) is 0.364. The predicted molar refractivity (Wildman–Crippen MR) is 131 cm³/mol. The van der Waals surface area contributed by atoms with E-state index in [1.54, 1.807) is 18.2 Å². The number of nitrogens with one attached hydrogen (secondary N) is 4. The van der Waals surface area contributed by atoms with Crippen molar-refractivity contribution in [1.29, 1.82) is 0 Å². The van der Waals surface area contributed by atoms with Gasteiger partial charge in [-0.15, -0.1) is 0 Å². The third kappa shape index (κ3) is 5.51. The summed E-state index contributed by atoms with van der Waals surface area (Å²) in [4.78, 5) is 29.1. The van der Waals surface area contributed by atoms with Crippen molar-refractivity contribution in [1.82, 2.24) is 20.9 Å². The number of carbonyl (C=O) groups is 2. The van der Waals surface area contributed by atoms with E-state index >= 15 is 0 Å². The summed E-state index contributed by atoms with van der Waals surface area (Å²) in [5.41, 5.74) is 1.93. The second-order valence-electron chi connectivity index (χ2n) is 8.19. The summed E-state index contributed by atoms with van der Waals surface area (Å²) in [6.07, 6.45) is 6.65. The van der Waals surface area contributed by atoms with Gasteiger partial charge in [0, 0.05) is 29.7 Å².